The summed E-state index contributed by atoms with van der Waals surface area (Å²) in [5.41, 5.74) is 5.45. The van der Waals surface area contributed by atoms with Crippen LogP contribution >= 0.6 is 0 Å². The van der Waals surface area contributed by atoms with Gasteiger partial charge < -0.3 is 10.3 Å². The number of rotatable bonds is 5. The van der Waals surface area contributed by atoms with E-state index in [-0.39, 0.29) is 5.78 Å². The summed E-state index contributed by atoms with van der Waals surface area (Å²) < 4.78 is 2.04. The Kier molecular flexibility index (Phi) is 3.10. The van der Waals surface area contributed by atoms with Crippen LogP contribution in [-0.2, 0) is 17.8 Å². The lowest BCUT2D eigenvalue weighted by Gasteiger charge is -2.36. The third-order valence-electron chi connectivity index (χ3n) is 3.39. The molecule has 4 nitrogen and oxygen atoms in total. The van der Waals surface area contributed by atoms with Gasteiger partial charge in [-0.3, -0.25) is 4.79 Å². The maximum absolute atomic E-state index is 12.0. The first kappa shape index (κ1) is 11.3. The number of aryl methyl sites for hydroxylation is 1. The van der Waals surface area contributed by atoms with Crippen LogP contribution in [0.2, 0.25) is 0 Å². The molecule has 1 saturated carbocycles. The highest BCUT2D eigenvalue weighted by Gasteiger charge is 2.39. The molecule has 0 amide bonds. The molecular formula is C12H19N3O. The SMILES string of the molecule is CCCn1ccnc1CC(=O)C1(N)CCC1. The minimum Gasteiger partial charge on any atom is -0.335 e. The quantitative estimate of drug-likeness (QED) is 0.815. The Balaban J connectivity index is 2.03. The molecule has 0 bridgehead atoms. The predicted molar refractivity (Wildman–Crippen MR) is 62.0 cm³/mol. The van der Waals surface area contributed by atoms with Crippen LogP contribution in [0.3, 0.4) is 0 Å². The number of Topliss-reactive ketones (excluding diaryl/α,β-unsaturated/α-hetero) is 1. The minimum atomic E-state index is -0.553. The van der Waals surface area contributed by atoms with Crippen LogP contribution in [0.5, 0.6) is 0 Å². The smallest absolute Gasteiger partial charge is 0.160 e. The maximum atomic E-state index is 12.0. The molecule has 0 aliphatic heterocycles. The molecule has 0 saturated heterocycles. The monoisotopic (exact) mass is 221 g/mol. The highest BCUT2D eigenvalue weighted by Crippen LogP contribution is 2.30. The molecule has 1 aromatic rings. The molecule has 16 heavy (non-hydrogen) atoms. The lowest BCUT2D eigenvalue weighted by molar-refractivity contribution is -0.126. The molecule has 2 N–H and O–H groups in total. The summed E-state index contributed by atoms with van der Waals surface area (Å²) in [6, 6.07) is 0. The first-order valence-electron chi connectivity index (χ1n) is 5.98. The van der Waals surface area contributed by atoms with Crippen molar-refractivity contribution in [3.63, 3.8) is 0 Å². The van der Waals surface area contributed by atoms with E-state index in [0.29, 0.717) is 6.42 Å². The van der Waals surface area contributed by atoms with Crippen LogP contribution in [0.4, 0.5) is 0 Å². The Morgan fingerprint density at radius 3 is 2.94 bits per heavy atom. The van der Waals surface area contributed by atoms with E-state index in [1.807, 2.05) is 10.8 Å². The van der Waals surface area contributed by atoms with Gasteiger partial charge in [0.15, 0.2) is 5.78 Å². The third-order valence-corrected chi connectivity index (χ3v) is 3.39. The number of ketones is 1. The van der Waals surface area contributed by atoms with Crippen molar-refractivity contribution in [1.82, 2.24) is 9.55 Å². The first-order chi connectivity index (χ1) is 7.65. The van der Waals surface area contributed by atoms with Gasteiger partial charge in [-0.2, -0.15) is 0 Å². The fourth-order valence-corrected chi connectivity index (χ4v) is 2.11. The number of nitrogens with two attached hydrogens (primary N) is 1. The van der Waals surface area contributed by atoms with Gasteiger partial charge in [0.05, 0.1) is 12.0 Å². The van der Waals surface area contributed by atoms with Crippen molar-refractivity contribution in [2.45, 2.75) is 51.1 Å². The second-order valence-electron chi connectivity index (χ2n) is 4.65. The van der Waals surface area contributed by atoms with Crippen LogP contribution < -0.4 is 5.73 Å². The summed E-state index contributed by atoms with van der Waals surface area (Å²) in [6.07, 6.45) is 7.85. The van der Waals surface area contributed by atoms with Gasteiger partial charge in [-0.1, -0.05) is 6.92 Å². The summed E-state index contributed by atoms with van der Waals surface area (Å²) >= 11 is 0. The van der Waals surface area contributed by atoms with Gasteiger partial charge in [-0.25, -0.2) is 4.98 Å². The van der Waals surface area contributed by atoms with E-state index in [4.69, 9.17) is 5.73 Å². The Hall–Kier alpha value is -1.16. The first-order valence-corrected chi connectivity index (χ1v) is 5.98. The predicted octanol–water partition coefficient (Wildman–Crippen LogP) is 1.29. The topological polar surface area (TPSA) is 60.9 Å². The molecule has 88 valence electrons. The molecule has 1 heterocycles. The van der Waals surface area contributed by atoms with Crippen molar-refractivity contribution in [2.75, 3.05) is 0 Å². The van der Waals surface area contributed by atoms with E-state index in [0.717, 1.165) is 38.1 Å². The maximum Gasteiger partial charge on any atom is 0.160 e. The molecule has 1 aliphatic rings. The second-order valence-corrected chi connectivity index (χ2v) is 4.65. The van der Waals surface area contributed by atoms with Gasteiger partial charge in [-0.05, 0) is 25.7 Å². The van der Waals surface area contributed by atoms with E-state index in [1.165, 1.54) is 0 Å². The fourth-order valence-electron chi connectivity index (χ4n) is 2.11. The number of hydrogen-bond donors (Lipinski definition) is 1. The summed E-state index contributed by atoms with van der Waals surface area (Å²) in [7, 11) is 0. The van der Waals surface area contributed by atoms with E-state index in [1.54, 1.807) is 6.20 Å². The van der Waals surface area contributed by atoms with Crippen LogP contribution in [0.25, 0.3) is 0 Å². The summed E-state index contributed by atoms with van der Waals surface area (Å²) in [5, 5.41) is 0. The highest BCUT2D eigenvalue weighted by atomic mass is 16.1. The number of carbonyl (C=O) groups excluding carboxylic acids is 1. The number of carbonyl (C=O) groups is 1. The third kappa shape index (κ3) is 2.02. The highest BCUT2D eigenvalue weighted by molar-refractivity contribution is 5.90. The number of hydrogen-bond acceptors (Lipinski definition) is 3. The van der Waals surface area contributed by atoms with E-state index in [2.05, 4.69) is 11.9 Å². The Bertz CT molecular complexity index is 379. The molecule has 0 spiro atoms. The average Bonchev–Trinajstić information content (AvgIpc) is 2.63. The molecule has 1 aromatic heterocycles. The van der Waals surface area contributed by atoms with E-state index < -0.39 is 5.54 Å². The number of nitrogens with zero attached hydrogens (tertiary/aromatic N) is 2. The van der Waals surface area contributed by atoms with Crippen molar-refractivity contribution >= 4 is 5.78 Å². The van der Waals surface area contributed by atoms with Crippen molar-refractivity contribution in [3.05, 3.63) is 18.2 Å². The van der Waals surface area contributed by atoms with Gasteiger partial charge in [-0.15, -0.1) is 0 Å². The molecule has 0 unspecified atom stereocenters. The van der Waals surface area contributed by atoms with Crippen LogP contribution in [0.1, 0.15) is 38.4 Å². The minimum absolute atomic E-state index is 0.141. The van der Waals surface area contributed by atoms with Gasteiger partial charge in [0.1, 0.15) is 5.82 Å². The van der Waals surface area contributed by atoms with Gasteiger partial charge in [0.25, 0.3) is 0 Å². The zero-order valence-electron chi connectivity index (χ0n) is 9.78. The van der Waals surface area contributed by atoms with Crippen LogP contribution in [0.15, 0.2) is 12.4 Å². The number of aromatic nitrogens is 2. The lowest BCUT2D eigenvalue weighted by atomic mass is 9.73. The second kappa shape index (κ2) is 4.37. The summed E-state index contributed by atoms with van der Waals surface area (Å²) in [4.78, 5) is 16.2. The largest absolute Gasteiger partial charge is 0.335 e. The van der Waals surface area contributed by atoms with Crippen LogP contribution in [0, 0.1) is 0 Å². The number of imidazole rings is 1. The molecule has 1 aliphatic carbocycles. The zero-order chi connectivity index (χ0) is 11.6. The molecular weight excluding hydrogens is 202 g/mol. The van der Waals surface area contributed by atoms with Crippen molar-refractivity contribution in [2.24, 2.45) is 5.73 Å². The van der Waals surface area contributed by atoms with E-state index in [9.17, 15) is 4.79 Å². The Morgan fingerprint density at radius 1 is 1.62 bits per heavy atom. The lowest BCUT2D eigenvalue weighted by Crippen LogP contribution is -2.54. The summed E-state index contributed by atoms with van der Waals surface area (Å²) in [6.45, 7) is 3.03. The fraction of sp³-hybridized carbons (Fsp3) is 0.667. The molecule has 1 fully saturated rings. The van der Waals surface area contributed by atoms with Gasteiger partial charge in [0, 0.05) is 18.9 Å². The average molecular weight is 221 g/mol. The normalized spacial score (nSPS) is 18.1. The molecule has 0 radical (unpaired) electrons. The standard InChI is InChI=1S/C12H19N3O/c1-2-7-15-8-6-14-11(15)9-10(16)12(13)4-3-5-12/h6,8H,2-5,7,9,13H2,1H3. The Labute approximate surface area is 95.9 Å². The van der Waals surface area contributed by atoms with E-state index >= 15 is 0 Å². The summed E-state index contributed by atoms with van der Waals surface area (Å²) in [5.74, 6) is 0.992. The van der Waals surface area contributed by atoms with Crippen LogP contribution in [-0.4, -0.2) is 20.9 Å². The molecule has 0 aromatic carbocycles. The van der Waals surface area contributed by atoms with Crippen molar-refractivity contribution in [3.8, 4) is 0 Å². The van der Waals surface area contributed by atoms with Gasteiger partial charge in [0.2, 0.25) is 0 Å². The zero-order valence-corrected chi connectivity index (χ0v) is 9.78. The molecule has 4 heteroatoms. The van der Waals surface area contributed by atoms with Crippen molar-refractivity contribution in [1.29, 1.82) is 0 Å². The molecule has 2 rings (SSSR count). The Morgan fingerprint density at radius 2 is 2.38 bits per heavy atom. The van der Waals surface area contributed by atoms with Gasteiger partial charge >= 0.3 is 0 Å². The molecule has 0 atom stereocenters. The van der Waals surface area contributed by atoms with Crippen molar-refractivity contribution < 1.29 is 4.79 Å².